The molecule has 1 saturated heterocycles. The number of hydrogen-bond donors (Lipinski definition) is 0. The summed E-state index contributed by atoms with van der Waals surface area (Å²) < 4.78 is 0. The second-order valence-electron chi connectivity index (χ2n) is 3.41. The van der Waals surface area contributed by atoms with Crippen molar-refractivity contribution in [1.82, 2.24) is 0 Å². The minimum Gasteiger partial charge on any atom is -0.211 e. The van der Waals surface area contributed by atoms with Crippen molar-refractivity contribution in [2.24, 2.45) is 9.98 Å². The summed E-state index contributed by atoms with van der Waals surface area (Å²) in [7, 11) is 0. The molecule has 0 saturated carbocycles. The van der Waals surface area contributed by atoms with Crippen LogP contribution in [0.25, 0.3) is 0 Å². The first-order valence-electron chi connectivity index (χ1n) is 5.24. The van der Waals surface area contributed by atoms with Crippen molar-refractivity contribution in [3.63, 3.8) is 0 Å². The first-order valence-corrected chi connectivity index (χ1v) is 8.60. The summed E-state index contributed by atoms with van der Waals surface area (Å²) in [6, 6.07) is -0.236. The van der Waals surface area contributed by atoms with Gasteiger partial charge in [0.1, 0.15) is 0 Å². The van der Waals surface area contributed by atoms with E-state index < -0.39 is 0 Å². The quantitative estimate of drug-likeness (QED) is 0.526. The van der Waals surface area contributed by atoms with E-state index in [0.717, 1.165) is 5.75 Å². The van der Waals surface area contributed by atoms with Crippen LogP contribution in [0.5, 0.6) is 0 Å². The summed E-state index contributed by atoms with van der Waals surface area (Å²) in [5.41, 5.74) is 0. The minimum absolute atomic E-state index is 0.234. The van der Waals surface area contributed by atoms with Crippen molar-refractivity contribution >= 4 is 47.4 Å². The lowest BCUT2D eigenvalue weighted by molar-refractivity contribution is 0.555. The van der Waals surface area contributed by atoms with E-state index in [-0.39, 0.29) is 12.6 Å². The Balaban J connectivity index is 2.20. The first-order chi connectivity index (χ1) is 8.36. The second kappa shape index (κ2) is 9.80. The largest absolute Gasteiger partial charge is 0.235 e. The highest BCUT2D eigenvalue weighted by Crippen LogP contribution is 2.26. The van der Waals surface area contributed by atoms with Crippen LogP contribution in [0, 0.1) is 0 Å². The van der Waals surface area contributed by atoms with Crippen molar-refractivity contribution in [2.45, 2.75) is 11.3 Å². The van der Waals surface area contributed by atoms with E-state index in [1.54, 1.807) is 11.8 Å². The van der Waals surface area contributed by atoms with Crippen molar-refractivity contribution in [1.29, 1.82) is 0 Å². The van der Waals surface area contributed by atoms with Gasteiger partial charge in [-0.2, -0.15) is 40.3 Å². The highest BCUT2D eigenvalue weighted by molar-refractivity contribution is 8.07. The van der Waals surface area contributed by atoms with E-state index in [0.29, 0.717) is 11.0 Å². The van der Waals surface area contributed by atoms with Crippen molar-refractivity contribution < 1.29 is 9.59 Å². The van der Waals surface area contributed by atoms with Gasteiger partial charge in [-0.15, -0.1) is 0 Å². The molecule has 1 fully saturated rings. The normalized spacial score (nSPS) is 21.1. The Morgan fingerprint density at radius 3 is 2.88 bits per heavy atom. The molecule has 0 bridgehead atoms. The number of nitrogens with zero attached hydrogens (tertiary/aromatic N) is 2. The van der Waals surface area contributed by atoms with E-state index in [1.165, 1.54) is 29.4 Å². The van der Waals surface area contributed by atoms with Crippen LogP contribution in [0.15, 0.2) is 9.98 Å². The van der Waals surface area contributed by atoms with Gasteiger partial charge in [0.2, 0.25) is 12.2 Å². The smallest absolute Gasteiger partial charge is 0.211 e. The molecule has 2 unspecified atom stereocenters. The number of rotatable bonds is 7. The topological polar surface area (TPSA) is 58.9 Å². The van der Waals surface area contributed by atoms with Gasteiger partial charge in [-0.1, -0.05) is 0 Å². The van der Waals surface area contributed by atoms with Crippen LogP contribution in [0.2, 0.25) is 0 Å². The standard InChI is InChI=1S/C10H14N2O2S3/c13-7-11-3-9(12-8-14)4-16-6-10-5-15-1-2-17-10/h9-10H,1-6H2. The molecule has 0 aromatic heterocycles. The molecule has 0 radical (unpaired) electrons. The second-order valence-corrected chi connectivity index (χ2v) is 7.04. The zero-order valence-corrected chi connectivity index (χ0v) is 11.8. The number of aliphatic imine (C=N–C) groups is 2. The lowest BCUT2D eigenvalue weighted by Gasteiger charge is -2.20. The van der Waals surface area contributed by atoms with Gasteiger partial charge < -0.3 is 0 Å². The maximum absolute atomic E-state index is 10.2. The SMILES string of the molecule is O=C=NCC(CSCC1CSCCS1)N=C=O. The summed E-state index contributed by atoms with van der Waals surface area (Å²) in [5.74, 6) is 5.44. The Morgan fingerprint density at radius 2 is 2.24 bits per heavy atom. The molecule has 2 atom stereocenters. The van der Waals surface area contributed by atoms with Crippen LogP contribution in [0.3, 0.4) is 0 Å². The molecule has 94 valence electrons. The average Bonchev–Trinajstić information content (AvgIpc) is 2.37. The van der Waals surface area contributed by atoms with Crippen molar-refractivity contribution in [3.8, 4) is 0 Å². The predicted octanol–water partition coefficient (Wildman–Crippen LogP) is 1.61. The third-order valence-corrected chi connectivity index (χ3v) is 6.42. The Bertz CT molecular complexity index is 309. The number of isocyanates is 2. The predicted molar refractivity (Wildman–Crippen MR) is 75.8 cm³/mol. The number of thioether (sulfide) groups is 3. The van der Waals surface area contributed by atoms with Crippen molar-refractivity contribution in [3.05, 3.63) is 0 Å². The zero-order valence-electron chi connectivity index (χ0n) is 9.33. The van der Waals surface area contributed by atoms with E-state index in [2.05, 4.69) is 9.98 Å². The molecule has 1 aliphatic heterocycles. The van der Waals surface area contributed by atoms with E-state index >= 15 is 0 Å². The molecule has 4 nitrogen and oxygen atoms in total. The summed E-state index contributed by atoms with van der Waals surface area (Å²) in [6.07, 6.45) is 2.99. The maximum atomic E-state index is 10.2. The molecule has 0 aromatic carbocycles. The number of carbonyl (C=O) groups excluding carboxylic acids is 2. The molecule has 0 amide bonds. The first kappa shape index (κ1) is 14.9. The lowest BCUT2D eigenvalue weighted by atomic mass is 10.4. The van der Waals surface area contributed by atoms with Crippen LogP contribution in [0.4, 0.5) is 0 Å². The maximum Gasteiger partial charge on any atom is 0.235 e. The van der Waals surface area contributed by atoms with Crippen LogP contribution >= 0.6 is 35.3 Å². The van der Waals surface area contributed by atoms with Gasteiger partial charge in [-0.3, -0.25) is 0 Å². The summed E-state index contributed by atoms with van der Waals surface area (Å²) in [6.45, 7) is 0.234. The molecule has 0 aromatic rings. The summed E-state index contributed by atoms with van der Waals surface area (Å²) >= 11 is 5.77. The van der Waals surface area contributed by atoms with Gasteiger partial charge in [0.15, 0.2) is 0 Å². The molecule has 1 heterocycles. The van der Waals surface area contributed by atoms with Gasteiger partial charge in [0, 0.05) is 34.0 Å². The molecule has 1 rings (SSSR count). The third-order valence-electron chi connectivity index (χ3n) is 2.10. The Hall–Kier alpha value is -0.190. The van der Waals surface area contributed by atoms with Gasteiger partial charge in [0.25, 0.3) is 0 Å². The Labute approximate surface area is 114 Å². The average molecular weight is 290 g/mol. The molecule has 0 spiro atoms. The van der Waals surface area contributed by atoms with E-state index in [4.69, 9.17) is 0 Å². The fourth-order valence-corrected chi connectivity index (χ4v) is 5.52. The highest BCUT2D eigenvalue weighted by Gasteiger charge is 2.15. The van der Waals surface area contributed by atoms with Crippen LogP contribution in [-0.2, 0) is 9.59 Å². The minimum atomic E-state index is -0.236. The lowest BCUT2D eigenvalue weighted by Crippen LogP contribution is -2.19. The van der Waals surface area contributed by atoms with E-state index in [1.807, 2.05) is 23.5 Å². The summed E-state index contributed by atoms with van der Waals surface area (Å²) in [4.78, 5) is 27.3. The van der Waals surface area contributed by atoms with E-state index in [9.17, 15) is 9.59 Å². The third kappa shape index (κ3) is 6.96. The number of hydrogen-bond acceptors (Lipinski definition) is 7. The molecule has 0 aliphatic carbocycles. The Kier molecular flexibility index (Phi) is 8.57. The Morgan fingerprint density at radius 1 is 1.35 bits per heavy atom. The molecular weight excluding hydrogens is 276 g/mol. The zero-order chi connectivity index (χ0) is 12.3. The van der Waals surface area contributed by atoms with Crippen LogP contribution < -0.4 is 0 Å². The molecule has 0 N–H and O–H groups in total. The van der Waals surface area contributed by atoms with Crippen LogP contribution in [-0.4, -0.2) is 58.8 Å². The molecule has 17 heavy (non-hydrogen) atoms. The fraction of sp³-hybridized carbons (Fsp3) is 0.800. The van der Waals surface area contributed by atoms with Gasteiger partial charge >= 0.3 is 0 Å². The monoisotopic (exact) mass is 290 g/mol. The fourth-order valence-electron chi connectivity index (χ4n) is 1.32. The summed E-state index contributed by atoms with van der Waals surface area (Å²) in [5, 5.41) is 0.689. The van der Waals surface area contributed by atoms with Crippen molar-refractivity contribution in [2.75, 3.05) is 35.3 Å². The molecular formula is C10H14N2O2S3. The molecule has 1 aliphatic rings. The van der Waals surface area contributed by atoms with Crippen LogP contribution in [0.1, 0.15) is 0 Å². The van der Waals surface area contributed by atoms with Gasteiger partial charge in [-0.05, 0) is 0 Å². The van der Waals surface area contributed by atoms with Gasteiger partial charge in [-0.25, -0.2) is 14.6 Å². The highest BCUT2D eigenvalue weighted by atomic mass is 32.2. The van der Waals surface area contributed by atoms with Gasteiger partial charge in [0.05, 0.1) is 12.6 Å². The molecule has 7 heteroatoms.